The maximum atomic E-state index is 12.6. The van der Waals surface area contributed by atoms with Crippen LogP contribution in [0.3, 0.4) is 0 Å². The second-order valence-corrected chi connectivity index (χ2v) is 8.98. The molecule has 0 radical (unpaired) electrons. The van der Waals surface area contributed by atoms with Crippen molar-refractivity contribution in [3.05, 3.63) is 52.7 Å². The lowest BCUT2D eigenvalue weighted by molar-refractivity contribution is -0.137. The van der Waals surface area contributed by atoms with E-state index >= 15 is 0 Å². The molecule has 2 heterocycles. The molecule has 0 bridgehead atoms. The van der Waals surface area contributed by atoms with E-state index < -0.39 is 27.6 Å². The molecule has 1 atom stereocenters. The number of pyridine rings is 1. The van der Waals surface area contributed by atoms with Gasteiger partial charge in [0.1, 0.15) is 5.82 Å². The van der Waals surface area contributed by atoms with Crippen LogP contribution in [0.5, 0.6) is 0 Å². The second kappa shape index (κ2) is 8.19. The van der Waals surface area contributed by atoms with E-state index in [1.165, 1.54) is 6.07 Å². The van der Waals surface area contributed by atoms with Crippen LogP contribution in [-0.4, -0.2) is 31.6 Å². The van der Waals surface area contributed by atoms with Gasteiger partial charge in [0.25, 0.3) is 0 Å². The Hall–Kier alpha value is -2.33. The van der Waals surface area contributed by atoms with Crippen molar-refractivity contribution in [2.45, 2.75) is 30.0 Å². The van der Waals surface area contributed by atoms with Gasteiger partial charge in [0.2, 0.25) is 5.91 Å². The molecular weight excluding hydrogens is 431 g/mol. The highest BCUT2D eigenvalue weighted by molar-refractivity contribution is 7.91. The van der Waals surface area contributed by atoms with Gasteiger partial charge in [-0.25, -0.2) is 13.4 Å². The fourth-order valence-electron chi connectivity index (χ4n) is 3.02. The predicted octanol–water partition coefficient (Wildman–Crippen LogP) is 3.59. The number of alkyl halides is 3. The summed E-state index contributed by atoms with van der Waals surface area (Å²) in [7, 11) is -3.35. The van der Waals surface area contributed by atoms with Crippen LogP contribution in [0.2, 0.25) is 5.02 Å². The standard InChI is InChI=1S/C18H17ClF3N3O3S/c19-13-9-11(18(20,21)22)10-24-17(13)23-7-5-16(26)25-14-6-8-29(27,28)15-4-2-1-3-12(14)15/h1-4,9-10,14H,5-8H2,(H,23,24)(H,25,26). The third-order valence-corrected chi connectivity index (χ3v) is 6.56. The zero-order valence-corrected chi connectivity index (χ0v) is 16.5. The fraction of sp³-hybridized carbons (Fsp3) is 0.333. The van der Waals surface area contributed by atoms with Crippen LogP contribution in [0.4, 0.5) is 19.0 Å². The molecule has 1 unspecified atom stereocenters. The van der Waals surface area contributed by atoms with Crippen molar-refractivity contribution >= 4 is 33.2 Å². The molecule has 3 rings (SSSR count). The van der Waals surface area contributed by atoms with Gasteiger partial charge in [0.15, 0.2) is 9.84 Å². The summed E-state index contributed by atoms with van der Waals surface area (Å²) in [6.45, 7) is 0.0938. The first-order valence-electron chi connectivity index (χ1n) is 8.65. The molecular formula is C18H17ClF3N3O3S. The monoisotopic (exact) mass is 447 g/mol. The van der Waals surface area contributed by atoms with Crippen LogP contribution >= 0.6 is 11.6 Å². The minimum atomic E-state index is -4.54. The van der Waals surface area contributed by atoms with Crippen molar-refractivity contribution in [2.24, 2.45) is 0 Å². The number of carbonyl (C=O) groups is 1. The second-order valence-electron chi connectivity index (χ2n) is 6.49. The lowest BCUT2D eigenvalue weighted by atomic mass is 10.0. The van der Waals surface area contributed by atoms with Crippen molar-refractivity contribution in [1.29, 1.82) is 0 Å². The number of nitrogens with one attached hydrogen (secondary N) is 2. The van der Waals surface area contributed by atoms with Gasteiger partial charge in [0.05, 0.1) is 27.3 Å². The van der Waals surface area contributed by atoms with Gasteiger partial charge in [-0.05, 0) is 24.1 Å². The maximum absolute atomic E-state index is 12.6. The Balaban J connectivity index is 1.58. The molecule has 0 fully saturated rings. The third-order valence-electron chi connectivity index (χ3n) is 4.45. The average molecular weight is 448 g/mol. The number of halogens is 4. The van der Waals surface area contributed by atoms with Gasteiger partial charge < -0.3 is 10.6 Å². The molecule has 1 aromatic heterocycles. The number of nitrogens with zero attached hydrogens (tertiary/aromatic N) is 1. The van der Waals surface area contributed by atoms with E-state index in [0.29, 0.717) is 11.8 Å². The molecule has 2 N–H and O–H groups in total. The molecule has 0 spiro atoms. The zero-order chi connectivity index (χ0) is 21.2. The number of hydrogen-bond donors (Lipinski definition) is 2. The molecule has 6 nitrogen and oxygen atoms in total. The summed E-state index contributed by atoms with van der Waals surface area (Å²) in [6.07, 6.45) is -3.61. The van der Waals surface area contributed by atoms with Crippen LogP contribution in [-0.2, 0) is 20.8 Å². The Bertz CT molecular complexity index is 1030. The molecule has 1 amide bonds. The molecule has 11 heteroatoms. The minimum Gasteiger partial charge on any atom is -0.368 e. The smallest absolute Gasteiger partial charge is 0.368 e. The number of benzene rings is 1. The van der Waals surface area contributed by atoms with E-state index in [1.54, 1.807) is 18.2 Å². The number of amides is 1. The largest absolute Gasteiger partial charge is 0.417 e. The minimum absolute atomic E-state index is 0.00441. The van der Waals surface area contributed by atoms with Crippen molar-refractivity contribution in [3.8, 4) is 0 Å². The summed E-state index contributed by atoms with van der Waals surface area (Å²) in [5.41, 5.74) is -0.413. The lowest BCUT2D eigenvalue weighted by Gasteiger charge is -2.26. The molecule has 0 saturated carbocycles. The fourth-order valence-corrected chi connectivity index (χ4v) is 4.88. The van der Waals surface area contributed by atoms with Crippen molar-refractivity contribution in [3.63, 3.8) is 0 Å². The van der Waals surface area contributed by atoms with E-state index in [0.717, 1.165) is 6.07 Å². The molecule has 156 valence electrons. The van der Waals surface area contributed by atoms with Gasteiger partial charge >= 0.3 is 6.18 Å². The van der Waals surface area contributed by atoms with E-state index in [9.17, 15) is 26.4 Å². The molecule has 1 aliphatic heterocycles. The van der Waals surface area contributed by atoms with E-state index in [2.05, 4.69) is 15.6 Å². The lowest BCUT2D eigenvalue weighted by Crippen LogP contribution is -2.34. The van der Waals surface area contributed by atoms with Crippen molar-refractivity contribution < 1.29 is 26.4 Å². The number of aromatic nitrogens is 1. The third kappa shape index (κ3) is 4.99. The predicted molar refractivity (Wildman–Crippen MR) is 101 cm³/mol. The molecule has 1 aliphatic rings. The first-order chi connectivity index (χ1) is 13.6. The summed E-state index contributed by atoms with van der Waals surface area (Å²) < 4.78 is 62.1. The Labute approximate surface area is 170 Å². The molecule has 29 heavy (non-hydrogen) atoms. The molecule has 2 aromatic rings. The Morgan fingerprint density at radius 3 is 2.69 bits per heavy atom. The summed E-state index contributed by atoms with van der Waals surface area (Å²) in [5.74, 6) is -0.348. The number of hydrogen-bond acceptors (Lipinski definition) is 5. The number of fused-ring (bicyclic) bond motifs is 1. The van der Waals surface area contributed by atoms with Gasteiger partial charge in [-0.2, -0.15) is 13.2 Å². The highest BCUT2D eigenvalue weighted by atomic mass is 35.5. The summed E-state index contributed by atoms with van der Waals surface area (Å²) >= 11 is 5.81. The van der Waals surface area contributed by atoms with Crippen LogP contribution in [0.1, 0.15) is 30.0 Å². The van der Waals surface area contributed by atoms with Crippen LogP contribution in [0.15, 0.2) is 41.4 Å². The first-order valence-corrected chi connectivity index (χ1v) is 10.7. The quantitative estimate of drug-likeness (QED) is 0.731. The van der Waals surface area contributed by atoms with Crippen molar-refractivity contribution in [1.82, 2.24) is 10.3 Å². The van der Waals surface area contributed by atoms with E-state index in [1.807, 2.05) is 0 Å². The van der Waals surface area contributed by atoms with E-state index in [4.69, 9.17) is 11.6 Å². The summed E-state index contributed by atoms with van der Waals surface area (Å²) in [5, 5.41) is 5.32. The van der Waals surface area contributed by atoms with E-state index in [-0.39, 0.29) is 46.8 Å². The number of carbonyl (C=O) groups excluding carboxylic acids is 1. The van der Waals surface area contributed by atoms with Gasteiger partial charge in [-0.3, -0.25) is 4.79 Å². The first kappa shape index (κ1) is 21.4. The van der Waals surface area contributed by atoms with Gasteiger partial charge in [-0.15, -0.1) is 0 Å². The Kier molecular flexibility index (Phi) is 6.04. The summed E-state index contributed by atoms with van der Waals surface area (Å²) in [6, 6.07) is 6.86. The van der Waals surface area contributed by atoms with Crippen molar-refractivity contribution in [2.75, 3.05) is 17.6 Å². The highest BCUT2D eigenvalue weighted by Crippen LogP contribution is 2.33. The molecule has 1 aromatic carbocycles. The highest BCUT2D eigenvalue weighted by Gasteiger charge is 2.32. The van der Waals surface area contributed by atoms with Crippen LogP contribution < -0.4 is 10.6 Å². The Morgan fingerprint density at radius 2 is 2.00 bits per heavy atom. The Morgan fingerprint density at radius 1 is 1.28 bits per heavy atom. The normalized spacial score (nSPS) is 18.0. The number of rotatable bonds is 5. The maximum Gasteiger partial charge on any atom is 0.417 e. The topological polar surface area (TPSA) is 88.2 Å². The molecule has 0 aliphatic carbocycles. The van der Waals surface area contributed by atoms with Crippen LogP contribution in [0.25, 0.3) is 0 Å². The number of sulfone groups is 1. The molecule has 0 saturated heterocycles. The van der Waals surface area contributed by atoms with Gasteiger partial charge in [-0.1, -0.05) is 29.8 Å². The zero-order valence-electron chi connectivity index (χ0n) is 15.0. The average Bonchev–Trinajstić information content (AvgIpc) is 2.65. The van der Waals surface area contributed by atoms with Crippen LogP contribution in [0, 0.1) is 0 Å². The number of anilines is 1. The van der Waals surface area contributed by atoms with Gasteiger partial charge in [0, 0.05) is 19.2 Å². The summed E-state index contributed by atoms with van der Waals surface area (Å²) in [4.78, 5) is 16.1. The SMILES string of the molecule is O=C(CCNc1ncc(C(F)(F)F)cc1Cl)NC1CCS(=O)(=O)c2ccccc21.